The molecule has 0 aliphatic heterocycles. The Kier molecular flexibility index (Phi) is 6.60. The molecule has 0 radical (unpaired) electrons. The van der Waals surface area contributed by atoms with Crippen molar-refractivity contribution >= 4 is 5.91 Å². The highest BCUT2D eigenvalue weighted by Gasteiger charge is 2.14. The molecule has 0 aromatic carbocycles. The van der Waals surface area contributed by atoms with Crippen LogP contribution in [-0.2, 0) is 22.8 Å². The number of quaternary nitrogens is 1. The van der Waals surface area contributed by atoms with Crippen molar-refractivity contribution in [2.24, 2.45) is 5.11 Å². The summed E-state index contributed by atoms with van der Waals surface area (Å²) in [5, 5.41) is 13.9. The molecule has 1 amide bonds. The second kappa shape index (κ2) is 8.20. The van der Waals surface area contributed by atoms with E-state index < -0.39 is 0 Å². The van der Waals surface area contributed by atoms with Crippen LogP contribution in [0.25, 0.3) is 10.4 Å². The molecule has 0 atom stereocenters. The van der Waals surface area contributed by atoms with E-state index in [0.29, 0.717) is 29.9 Å². The summed E-state index contributed by atoms with van der Waals surface area (Å²) in [6.45, 7) is 1.55. The third-order valence-electron chi connectivity index (χ3n) is 2.29. The molecular weight excluding hydrogens is 276 g/mol. The summed E-state index contributed by atoms with van der Waals surface area (Å²) in [7, 11) is 5.84. The van der Waals surface area contributed by atoms with Crippen molar-refractivity contribution in [1.29, 1.82) is 0 Å². The van der Waals surface area contributed by atoms with Crippen molar-refractivity contribution in [2.45, 2.75) is 13.3 Å². The lowest BCUT2D eigenvalue weighted by atomic mass is 10.4. The zero-order chi connectivity index (χ0) is 15.7. The van der Waals surface area contributed by atoms with Crippen molar-refractivity contribution in [2.75, 3.05) is 40.8 Å². The van der Waals surface area contributed by atoms with Gasteiger partial charge >= 0.3 is 0 Å². The standard InChI is InChI=1S/C11H20N8O2/c1-19(2,3)8-11(20)13-6-10-7-18(17-15-10)9-21-5-4-14-16-12/h7H,4-6,8-9H2,1-3H3/p+1. The highest BCUT2D eigenvalue weighted by molar-refractivity contribution is 5.76. The number of aromatic nitrogens is 3. The Morgan fingerprint density at radius 3 is 3.00 bits per heavy atom. The third kappa shape index (κ3) is 7.88. The van der Waals surface area contributed by atoms with Gasteiger partial charge in [0.15, 0.2) is 6.54 Å². The maximum absolute atomic E-state index is 11.7. The Morgan fingerprint density at radius 1 is 1.57 bits per heavy atom. The number of hydrogen-bond donors (Lipinski definition) is 1. The second-order valence-corrected chi connectivity index (χ2v) is 5.47. The Bertz CT molecular complexity index is 501. The van der Waals surface area contributed by atoms with E-state index >= 15 is 0 Å². The molecule has 0 aliphatic carbocycles. The van der Waals surface area contributed by atoms with Gasteiger partial charge in [0.25, 0.3) is 5.91 Å². The smallest absolute Gasteiger partial charge is 0.275 e. The zero-order valence-electron chi connectivity index (χ0n) is 12.6. The minimum absolute atomic E-state index is 0.0392. The first kappa shape index (κ1) is 16.9. The summed E-state index contributed by atoms with van der Waals surface area (Å²) in [6.07, 6.45) is 1.69. The van der Waals surface area contributed by atoms with Gasteiger partial charge < -0.3 is 14.5 Å². The van der Waals surface area contributed by atoms with E-state index in [1.807, 2.05) is 21.1 Å². The Hall–Kier alpha value is -2.16. The highest BCUT2D eigenvalue weighted by atomic mass is 16.5. The largest absolute Gasteiger partial charge is 0.359 e. The molecule has 10 heteroatoms. The number of carbonyl (C=O) groups is 1. The average Bonchev–Trinajstić information content (AvgIpc) is 2.82. The molecule has 0 fully saturated rings. The molecule has 0 saturated carbocycles. The van der Waals surface area contributed by atoms with Crippen LogP contribution in [0.2, 0.25) is 0 Å². The van der Waals surface area contributed by atoms with E-state index in [-0.39, 0.29) is 19.2 Å². The molecule has 10 nitrogen and oxygen atoms in total. The van der Waals surface area contributed by atoms with Gasteiger partial charge in [-0.2, -0.15) is 0 Å². The maximum atomic E-state index is 11.7. The van der Waals surface area contributed by atoms with Crippen molar-refractivity contribution in [3.63, 3.8) is 0 Å². The number of nitrogens with zero attached hydrogens (tertiary/aromatic N) is 7. The number of carbonyl (C=O) groups excluding carboxylic acids is 1. The summed E-state index contributed by atoms with van der Waals surface area (Å²) in [4.78, 5) is 14.3. The van der Waals surface area contributed by atoms with E-state index in [4.69, 9.17) is 10.3 Å². The normalized spacial score (nSPS) is 11.0. The zero-order valence-corrected chi connectivity index (χ0v) is 12.6. The Morgan fingerprint density at radius 2 is 2.33 bits per heavy atom. The first-order chi connectivity index (χ1) is 9.90. The second-order valence-electron chi connectivity index (χ2n) is 5.47. The lowest BCUT2D eigenvalue weighted by Gasteiger charge is -2.22. The van der Waals surface area contributed by atoms with Crippen LogP contribution < -0.4 is 5.32 Å². The summed E-state index contributed by atoms with van der Waals surface area (Å²) in [5.74, 6) is -0.0392. The number of rotatable bonds is 9. The molecule has 1 aromatic rings. The van der Waals surface area contributed by atoms with Crippen LogP contribution in [0.3, 0.4) is 0 Å². The van der Waals surface area contributed by atoms with Gasteiger partial charge in [0.05, 0.1) is 40.5 Å². The van der Waals surface area contributed by atoms with Crippen LogP contribution in [0, 0.1) is 0 Å². The third-order valence-corrected chi connectivity index (χ3v) is 2.29. The average molecular weight is 297 g/mol. The predicted octanol–water partition coefficient (Wildman–Crippen LogP) is -0.115. The quantitative estimate of drug-likeness (QED) is 0.225. The number of amides is 1. The van der Waals surface area contributed by atoms with Crippen LogP contribution in [-0.4, -0.2) is 66.2 Å². The number of hydrogen-bond acceptors (Lipinski definition) is 5. The van der Waals surface area contributed by atoms with E-state index in [9.17, 15) is 4.79 Å². The minimum Gasteiger partial charge on any atom is -0.359 e. The summed E-state index contributed by atoms with van der Waals surface area (Å²) < 4.78 is 7.31. The first-order valence-corrected chi connectivity index (χ1v) is 6.45. The minimum atomic E-state index is -0.0392. The lowest BCUT2D eigenvalue weighted by molar-refractivity contribution is -0.862. The van der Waals surface area contributed by atoms with E-state index in [0.717, 1.165) is 0 Å². The fraction of sp³-hybridized carbons (Fsp3) is 0.727. The Balaban J connectivity index is 2.28. The van der Waals surface area contributed by atoms with Crippen LogP contribution >= 0.6 is 0 Å². The fourth-order valence-corrected chi connectivity index (χ4v) is 1.47. The lowest BCUT2D eigenvalue weighted by Crippen LogP contribution is -2.44. The highest BCUT2D eigenvalue weighted by Crippen LogP contribution is 1.95. The number of likely N-dealkylation sites (N-methyl/N-ethyl adjacent to an activating group) is 1. The number of nitrogens with one attached hydrogen (secondary N) is 1. The van der Waals surface area contributed by atoms with Crippen molar-refractivity contribution in [3.8, 4) is 0 Å². The number of azide groups is 1. The SMILES string of the molecule is C[N+](C)(C)CC(=O)NCc1cn(COCCN=[N+]=[N-])nn1. The van der Waals surface area contributed by atoms with Crippen LogP contribution in [0.5, 0.6) is 0 Å². The van der Waals surface area contributed by atoms with Gasteiger partial charge in [-0.1, -0.05) is 10.3 Å². The Labute approximate surface area is 122 Å². The van der Waals surface area contributed by atoms with Crippen LogP contribution in [0.15, 0.2) is 11.3 Å². The summed E-state index contributed by atoms with van der Waals surface area (Å²) in [5.41, 5.74) is 8.76. The van der Waals surface area contributed by atoms with E-state index in [1.165, 1.54) is 4.68 Å². The molecule has 0 saturated heterocycles. The van der Waals surface area contributed by atoms with Gasteiger partial charge in [0.2, 0.25) is 0 Å². The number of ether oxygens (including phenoxy) is 1. The van der Waals surface area contributed by atoms with Crippen molar-refractivity contribution in [3.05, 3.63) is 22.3 Å². The van der Waals surface area contributed by atoms with Crippen molar-refractivity contribution in [1.82, 2.24) is 20.3 Å². The molecule has 1 N–H and O–H groups in total. The summed E-state index contributed by atoms with van der Waals surface area (Å²) >= 11 is 0. The van der Waals surface area contributed by atoms with Crippen LogP contribution in [0.1, 0.15) is 5.69 Å². The monoisotopic (exact) mass is 297 g/mol. The molecule has 0 bridgehead atoms. The van der Waals surface area contributed by atoms with Crippen LogP contribution in [0.4, 0.5) is 0 Å². The molecule has 21 heavy (non-hydrogen) atoms. The van der Waals surface area contributed by atoms with Gasteiger partial charge in [-0.05, 0) is 5.53 Å². The van der Waals surface area contributed by atoms with Gasteiger partial charge in [0, 0.05) is 11.5 Å². The van der Waals surface area contributed by atoms with Gasteiger partial charge in [0.1, 0.15) is 12.4 Å². The van der Waals surface area contributed by atoms with E-state index in [1.54, 1.807) is 6.20 Å². The molecule has 1 aromatic heterocycles. The molecule has 0 unspecified atom stereocenters. The summed E-state index contributed by atoms with van der Waals surface area (Å²) in [6, 6.07) is 0. The van der Waals surface area contributed by atoms with Crippen molar-refractivity contribution < 1.29 is 14.0 Å². The van der Waals surface area contributed by atoms with E-state index in [2.05, 4.69) is 25.7 Å². The first-order valence-electron chi connectivity index (χ1n) is 6.45. The molecule has 1 rings (SSSR count). The van der Waals surface area contributed by atoms with Gasteiger partial charge in [-0.25, -0.2) is 4.68 Å². The molecule has 116 valence electrons. The molecule has 1 heterocycles. The predicted molar refractivity (Wildman–Crippen MR) is 74.7 cm³/mol. The molecular formula is C11H21N8O2+. The maximum Gasteiger partial charge on any atom is 0.275 e. The van der Waals surface area contributed by atoms with Gasteiger partial charge in [-0.3, -0.25) is 4.79 Å². The molecule has 0 spiro atoms. The fourth-order valence-electron chi connectivity index (χ4n) is 1.47. The van der Waals surface area contributed by atoms with Gasteiger partial charge in [-0.15, -0.1) is 5.10 Å². The topological polar surface area (TPSA) is 118 Å². The molecule has 0 aliphatic rings.